The van der Waals surface area contributed by atoms with Crippen molar-refractivity contribution in [3.05, 3.63) is 47.3 Å². The molecule has 0 unspecified atom stereocenters. The van der Waals surface area contributed by atoms with Crippen LogP contribution in [0.5, 0.6) is 0 Å². The van der Waals surface area contributed by atoms with Crippen molar-refractivity contribution in [3.8, 4) is 0 Å². The van der Waals surface area contributed by atoms with Crippen LogP contribution in [0.4, 0.5) is 4.39 Å². The average molecular weight is 1070 g/mol. The Bertz CT molecular complexity index is 2150. The number of benzene rings is 1. The van der Waals surface area contributed by atoms with Crippen molar-refractivity contribution in [1.29, 1.82) is 0 Å². The Balaban J connectivity index is 1.25. The number of aromatic nitrogens is 3. The van der Waals surface area contributed by atoms with Crippen LogP contribution in [-0.2, 0) is 49.1 Å². The standard InChI is InChI=1S/C54H89FN6O14/c1-15-41-54(10,67)46(63)34(6)60(12)28-30(2)25-52(8,66)48(32(4)44(33(5)50(65)73-41)74-42-26-53(9,69-14)47(64)35(7)72-42)75-51-43(62)39(24-31(3)71-51)59(11)22-20-38-29-61(58-57-38)40(27-55)45(68-13)36-16-18-37(19-17-36)49-56-21-23-70-49/h16-19,29-35,39-48,51,62-64,66-67H,15,20-28H2,1-14H3/t30-,31-,32+,33-,34-,35+,39+,40-,41-,42+,43-,44+,45-,46-,47+,48-,51+,52-,53-,54-/m1/s1. The number of cyclic esters (lactones) is 1. The van der Waals surface area contributed by atoms with Gasteiger partial charge in [0.1, 0.15) is 55.4 Å². The Morgan fingerprint density at radius 2 is 1.67 bits per heavy atom. The van der Waals surface area contributed by atoms with Crippen molar-refractivity contribution < 1.29 is 72.6 Å². The van der Waals surface area contributed by atoms with Crippen LogP contribution in [0.3, 0.4) is 0 Å². The fourth-order valence-corrected chi connectivity index (χ4v) is 11.8. The number of ether oxygens (including phenoxy) is 8. The zero-order valence-corrected chi connectivity index (χ0v) is 46.7. The molecule has 0 saturated carbocycles. The maximum atomic E-state index is 14.9. The highest BCUT2D eigenvalue weighted by Crippen LogP contribution is 2.41. The number of aliphatic imine (C=N–C) groups is 1. The lowest BCUT2D eigenvalue weighted by atomic mass is 9.77. The molecule has 0 spiro atoms. The van der Waals surface area contributed by atoms with Crippen LogP contribution in [0, 0.1) is 17.8 Å². The normalized spacial score (nSPS) is 39.8. The number of halogens is 1. The molecule has 1 aromatic carbocycles. The fraction of sp³-hybridized carbons (Fsp3) is 0.815. The number of hydrogen-bond donors (Lipinski definition) is 5. The summed E-state index contributed by atoms with van der Waals surface area (Å²) in [6.45, 7) is 18.6. The molecule has 426 valence electrons. The molecule has 5 heterocycles. The molecule has 0 aliphatic carbocycles. The second-order valence-electron chi connectivity index (χ2n) is 22.7. The number of esters is 1. The highest BCUT2D eigenvalue weighted by atomic mass is 19.1. The first-order chi connectivity index (χ1) is 35.3. The van der Waals surface area contributed by atoms with Gasteiger partial charge >= 0.3 is 5.97 Å². The summed E-state index contributed by atoms with van der Waals surface area (Å²) >= 11 is 0. The summed E-state index contributed by atoms with van der Waals surface area (Å²) in [5, 5.41) is 68.6. The van der Waals surface area contributed by atoms with Crippen LogP contribution in [-0.4, -0.2) is 214 Å². The van der Waals surface area contributed by atoms with Gasteiger partial charge in [0.25, 0.3) is 0 Å². The lowest BCUT2D eigenvalue weighted by molar-refractivity contribution is -0.318. The highest BCUT2D eigenvalue weighted by molar-refractivity contribution is 5.94. The van der Waals surface area contributed by atoms with Gasteiger partial charge in [0.05, 0.1) is 53.8 Å². The van der Waals surface area contributed by atoms with Crippen LogP contribution in [0.25, 0.3) is 0 Å². The average Bonchev–Trinajstić information content (AvgIpc) is 4.09. The van der Waals surface area contributed by atoms with Crippen molar-refractivity contribution in [3.63, 3.8) is 0 Å². The van der Waals surface area contributed by atoms with Gasteiger partial charge in [-0.2, -0.15) is 0 Å². The maximum absolute atomic E-state index is 14.9. The van der Waals surface area contributed by atoms with Gasteiger partial charge in [0.2, 0.25) is 5.90 Å². The Kier molecular flexibility index (Phi) is 20.8. The Labute approximate surface area is 443 Å². The van der Waals surface area contributed by atoms with E-state index >= 15 is 0 Å². The van der Waals surface area contributed by atoms with E-state index in [1.54, 1.807) is 54.7 Å². The number of methoxy groups -OCH3 is 2. The monoisotopic (exact) mass is 1060 g/mol. The molecule has 4 aliphatic rings. The number of carbonyl (C=O) groups excluding carboxylic acids is 1. The lowest BCUT2D eigenvalue weighted by Crippen LogP contribution is -2.61. The van der Waals surface area contributed by atoms with Crippen LogP contribution in [0.15, 0.2) is 35.5 Å². The molecule has 75 heavy (non-hydrogen) atoms. The van der Waals surface area contributed by atoms with Crippen LogP contribution in [0.2, 0.25) is 0 Å². The summed E-state index contributed by atoms with van der Waals surface area (Å²) in [5.74, 6) is -2.30. The summed E-state index contributed by atoms with van der Waals surface area (Å²) in [6, 6.07) is 5.61. The number of rotatable bonds is 16. The van der Waals surface area contributed by atoms with E-state index in [1.807, 2.05) is 62.0 Å². The molecule has 4 aliphatic heterocycles. The van der Waals surface area contributed by atoms with E-state index < -0.39 is 127 Å². The van der Waals surface area contributed by atoms with E-state index in [-0.39, 0.29) is 25.2 Å². The molecular formula is C54H89FN6O14. The first-order valence-corrected chi connectivity index (χ1v) is 26.8. The largest absolute Gasteiger partial charge is 0.476 e. The predicted molar refractivity (Wildman–Crippen MR) is 275 cm³/mol. The number of likely N-dealkylation sites (N-methyl/N-ethyl adjacent to an activating group) is 2. The molecule has 6 rings (SSSR count). The third kappa shape index (κ3) is 13.9. The zero-order valence-electron chi connectivity index (χ0n) is 46.7. The van der Waals surface area contributed by atoms with Crippen molar-refractivity contribution in [2.45, 2.75) is 204 Å². The number of alkyl halides is 1. The number of hydrogen-bond acceptors (Lipinski definition) is 19. The molecule has 0 radical (unpaired) electrons. The molecule has 3 saturated heterocycles. The second kappa shape index (κ2) is 25.7. The van der Waals surface area contributed by atoms with Gasteiger partial charge in [0.15, 0.2) is 12.6 Å². The summed E-state index contributed by atoms with van der Waals surface area (Å²) in [4.78, 5) is 22.8. The summed E-state index contributed by atoms with van der Waals surface area (Å²) < 4.78 is 66.1. The molecule has 3 fully saturated rings. The first-order valence-electron chi connectivity index (χ1n) is 26.8. The SMILES string of the molecule is CC[C@H]1OC(=O)[C@H](C)[C@@H](O[C@H]2C[C@@](C)(OC)[C@@H](O)[C@H](C)O2)[C@H](C)[C@@H](O[C@@H]2O[C@H](C)C[C@H](N(C)CCc3cn([C@H](CF)[C@H](OC)c4ccc(C5=NCCO5)cc4)nn3)[C@H]2O)[C@](C)(O)C[C@@H](C)CN(C)[C@H](C)[C@@H](O)[C@]1(C)O. The Hall–Kier alpha value is -3.29. The number of aliphatic hydroxyl groups excluding tert-OH is 3. The van der Waals surface area contributed by atoms with Gasteiger partial charge in [-0.05, 0) is 105 Å². The van der Waals surface area contributed by atoms with E-state index in [0.29, 0.717) is 50.7 Å². The van der Waals surface area contributed by atoms with Gasteiger partial charge in [-0.15, -0.1) is 5.10 Å². The van der Waals surface area contributed by atoms with Gasteiger partial charge in [-0.3, -0.25) is 4.79 Å². The fourth-order valence-electron chi connectivity index (χ4n) is 11.8. The Morgan fingerprint density at radius 3 is 2.28 bits per heavy atom. The smallest absolute Gasteiger partial charge is 0.311 e. The Morgan fingerprint density at radius 1 is 0.973 bits per heavy atom. The van der Waals surface area contributed by atoms with Gasteiger partial charge in [-0.1, -0.05) is 38.1 Å². The highest BCUT2D eigenvalue weighted by Gasteiger charge is 2.53. The number of nitrogens with zero attached hydrogens (tertiary/aromatic N) is 6. The van der Waals surface area contributed by atoms with Gasteiger partial charge in [-0.25, -0.2) is 14.1 Å². The first kappa shape index (κ1) is 60.9. The third-order valence-electron chi connectivity index (χ3n) is 16.6. The summed E-state index contributed by atoms with van der Waals surface area (Å²) in [7, 11) is 6.74. The maximum Gasteiger partial charge on any atom is 0.311 e. The van der Waals surface area contributed by atoms with E-state index in [9.17, 15) is 34.7 Å². The molecular weight excluding hydrogens is 976 g/mol. The molecule has 20 nitrogen and oxygen atoms in total. The van der Waals surface area contributed by atoms with Gasteiger partial charge < -0.3 is 73.2 Å². The molecule has 0 bridgehead atoms. The predicted octanol–water partition coefficient (Wildman–Crippen LogP) is 3.78. The zero-order chi connectivity index (χ0) is 55.3. The van der Waals surface area contributed by atoms with E-state index in [2.05, 4.69) is 15.3 Å². The summed E-state index contributed by atoms with van der Waals surface area (Å²) in [6.07, 6.45) is -8.02. The molecule has 21 heteroatoms. The minimum atomic E-state index is -1.85. The quantitative estimate of drug-likeness (QED) is 0.150. The van der Waals surface area contributed by atoms with E-state index in [4.69, 9.17) is 37.9 Å². The number of carbonyl (C=O) groups is 1. The summed E-state index contributed by atoms with van der Waals surface area (Å²) in [5.41, 5.74) is -2.40. The van der Waals surface area contributed by atoms with Crippen molar-refractivity contribution in [2.24, 2.45) is 22.7 Å². The molecule has 5 N–H and O–H groups in total. The molecule has 0 amide bonds. The topological polar surface area (TPSA) is 242 Å². The second-order valence-corrected chi connectivity index (χ2v) is 22.7. The molecule has 20 atom stereocenters. The lowest BCUT2D eigenvalue weighted by Gasteiger charge is -2.49. The third-order valence-corrected chi connectivity index (χ3v) is 16.6. The van der Waals surface area contributed by atoms with Crippen molar-refractivity contribution in [2.75, 3.05) is 61.2 Å². The van der Waals surface area contributed by atoms with Gasteiger partial charge in [0, 0.05) is 69.9 Å². The van der Waals surface area contributed by atoms with Crippen LogP contribution < -0.4 is 0 Å². The van der Waals surface area contributed by atoms with Crippen LogP contribution in [0.1, 0.15) is 124 Å². The van der Waals surface area contributed by atoms with Crippen molar-refractivity contribution >= 4 is 11.9 Å². The molecule has 2 aromatic rings. The minimum Gasteiger partial charge on any atom is -0.476 e. The molecule has 1 aromatic heterocycles. The number of aliphatic hydroxyl groups is 5. The van der Waals surface area contributed by atoms with Crippen LogP contribution >= 0.6 is 0 Å². The van der Waals surface area contributed by atoms with E-state index in [0.717, 1.165) is 11.1 Å². The van der Waals surface area contributed by atoms with E-state index in [1.165, 1.54) is 25.8 Å². The minimum absolute atomic E-state index is 0.0833. The van der Waals surface area contributed by atoms with Crippen molar-refractivity contribution in [1.82, 2.24) is 24.8 Å².